The zero-order valence-electron chi connectivity index (χ0n) is 22.1. The van der Waals surface area contributed by atoms with E-state index in [4.69, 9.17) is 18.9 Å². The molecule has 0 N–H and O–H groups in total. The summed E-state index contributed by atoms with van der Waals surface area (Å²) in [6, 6.07) is 4.38. The van der Waals surface area contributed by atoms with Crippen LogP contribution in [-0.2, 0) is 33.3 Å². The number of nitrogens with zero attached hydrogens (tertiary/aromatic N) is 3. The molecular formula is C26H22BrF4N3O7S. The Labute approximate surface area is 248 Å². The quantitative estimate of drug-likeness (QED) is 0.143. The highest BCUT2D eigenvalue weighted by Gasteiger charge is 2.52. The highest BCUT2D eigenvalue weighted by Crippen LogP contribution is 2.42. The van der Waals surface area contributed by atoms with E-state index in [2.05, 4.69) is 26.2 Å². The zero-order valence-corrected chi connectivity index (χ0v) is 24.5. The zero-order chi connectivity index (χ0) is 30.7. The predicted octanol–water partition coefficient (Wildman–Crippen LogP) is 4.75. The van der Waals surface area contributed by atoms with Crippen molar-refractivity contribution in [1.82, 2.24) is 15.0 Å². The average molecular weight is 676 g/mol. The van der Waals surface area contributed by atoms with Gasteiger partial charge >= 0.3 is 17.9 Å². The van der Waals surface area contributed by atoms with E-state index in [9.17, 15) is 31.9 Å². The summed E-state index contributed by atoms with van der Waals surface area (Å²) in [4.78, 5) is 36.6. The Balaban J connectivity index is 1.82. The molecule has 10 nitrogen and oxygen atoms in total. The molecule has 0 spiro atoms. The Morgan fingerprint density at radius 2 is 1.60 bits per heavy atom. The van der Waals surface area contributed by atoms with E-state index in [1.807, 2.05) is 0 Å². The van der Waals surface area contributed by atoms with Crippen LogP contribution in [0.25, 0.3) is 11.3 Å². The van der Waals surface area contributed by atoms with Gasteiger partial charge in [-0.25, -0.2) is 22.2 Å². The molecule has 0 aliphatic carbocycles. The van der Waals surface area contributed by atoms with Crippen LogP contribution in [0.1, 0.15) is 26.8 Å². The minimum atomic E-state index is -1.67. The lowest BCUT2D eigenvalue weighted by Crippen LogP contribution is -2.57. The monoisotopic (exact) mass is 675 g/mol. The maximum absolute atomic E-state index is 13.9. The first-order valence-electron chi connectivity index (χ1n) is 12.2. The van der Waals surface area contributed by atoms with Crippen molar-refractivity contribution in [2.75, 3.05) is 6.61 Å². The lowest BCUT2D eigenvalue weighted by atomic mass is 9.96. The summed E-state index contributed by atoms with van der Waals surface area (Å²) >= 11 is 4.14. The molecule has 2 unspecified atom stereocenters. The van der Waals surface area contributed by atoms with Crippen molar-refractivity contribution in [3.63, 3.8) is 0 Å². The number of ether oxygens (including phenoxy) is 4. The van der Waals surface area contributed by atoms with Gasteiger partial charge in [0.25, 0.3) is 0 Å². The number of hydrogen-bond acceptors (Lipinski definition) is 10. The number of carbonyl (C=O) groups excluding carboxylic acids is 3. The van der Waals surface area contributed by atoms with Gasteiger partial charge in [0.05, 0.1) is 10.7 Å². The van der Waals surface area contributed by atoms with Crippen LogP contribution in [-0.4, -0.2) is 63.3 Å². The molecule has 0 amide bonds. The van der Waals surface area contributed by atoms with Crippen LogP contribution in [0, 0.1) is 23.3 Å². The molecule has 1 saturated heterocycles. The summed E-state index contributed by atoms with van der Waals surface area (Å²) in [5.74, 6) is -7.27. The molecule has 224 valence electrons. The van der Waals surface area contributed by atoms with Gasteiger partial charge in [-0.2, -0.15) is 0 Å². The first-order valence-corrected chi connectivity index (χ1v) is 13.8. The fourth-order valence-corrected chi connectivity index (χ4v) is 5.90. The summed E-state index contributed by atoms with van der Waals surface area (Å²) in [7, 11) is 0. The third-order valence-corrected chi connectivity index (χ3v) is 7.66. The molecule has 0 radical (unpaired) electrons. The molecule has 2 aromatic carbocycles. The first-order chi connectivity index (χ1) is 19.8. The second kappa shape index (κ2) is 13.2. The minimum absolute atomic E-state index is 0.0920. The molecule has 1 fully saturated rings. The standard InChI is InChI=1S/C26H22BrF4N3O7S/c1-11(35)38-10-21-24(39-12(2)36)23(34-9-20(32-33-34)14-6-18(29)22(31)19(30)7-14)25(40-13(3)37)26(41-21)42-15-4-5-17(28)16(27)8-15/h4-9,21,23-26H,10H2,1-3H3/t21?,23?,24-,25-,26+/m0/s1. The van der Waals surface area contributed by atoms with Crippen molar-refractivity contribution in [1.29, 1.82) is 0 Å². The Morgan fingerprint density at radius 3 is 2.19 bits per heavy atom. The number of benzene rings is 2. The second-order valence-corrected chi connectivity index (χ2v) is 11.0. The van der Waals surface area contributed by atoms with E-state index >= 15 is 0 Å². The second-order valence-electron chi connectivity index (χ2n) is 9.02. The average Bonchev–Trinajstić information content (AvgIpc) is 3.39. The molecule has 16 heteroatoms. The van der Waals surface area contributed by atoms with Crippen LogP contribution in [0.5, 0.6) is 0 Å². The number of hydrogen-bond donors (Lipinski definition) is 0. The van der Waals surface area contributed by atoms with Gasteiger partial charge in [0.15, 0.2) is 29.7 Å². The maximum atomic E-state index is 13.9. The molecule has 0 saturated carbocycles. The number of esters is 3. The largest absolute Gasteiger partial charge is 0.463 e. The van der Waals surface area contributed by atoms with Crippen molar-refractivity contribution >= 4 is 45.6 Å². The molecule has 42 heavy (non-hydrogen) atoms. The van der Waals surface area contributed by atoms with Crippen LogP contribution in [0.3, 0.4) is 0 Å². The lowest BCUT2D eigenvalue weighted by molar-refractivity contribution is -0.212. The number of halogens is 5. The number of carbonyl (C=O) groups is 3. The van der Waals surface area contributed by atoms with E-state index in [1.165, 1.54) is 24.4 Å². The van der Waals surface area contributed by atoms with Crippen molar-refractivity contribution < 1.29 is 50.9 Å². The molecule has 0 bridgehead atoms. The molecule has 5 atom stereocenters. The van der Waals surface area contributed by atoms with E-state index in [0.717, 1.165) is 49.3 Å². The Kier molecular flexibility index (Phi) is 9.89. The van der Waals surface area contributed by atoms with E-state index in [1.54, 1.807) is 0 Å². The Hall–Kier alpha value is -3.50. The predicted molar refractivity (Wildman–Crippen MR) is 141 cm³/mol. The molecule has 1 aliphatic heterocycles. The van der Waals surface area contributed by atoms with Gasteiger partial charge in [-0.1, -0.05) is 17.0 Å². The van der Waals surface area contributed by atoms with Gasteiger partial charge in [0.2, 0.25) is 0 Å². The maximum Gasteiger partial charge on any atom is 0.303 e. The van der Waals surface area contributed by atoms with Gasteiger partial charge in [-0.15, -0.1) is 5.10 Å². The highest BCUT2D eigenvalue weighted by atomic mass is 79.9. The summed E-state index contributed by atoms with van der Waals surface area (Å²) in [6.07, 6.45) is -2.46. The van der Waals surface area contributed by atoms with Gasteiger partial charge in [-0.05, 0) is 46.3 Å². The lowest BCUT2D eigenvalue weighted by Gasteiger charge is -2.44. The summed E-state index contributed by atoms with van der Waals surface area (Å²) in [5.41, 5.74) is -1.32. The summed E-state index contributed by atoms with van der Waals surface area (Å²) in [5, 5.41) is 7.95. The van der Waals surface area contributed by atoms with Crippen molar-refractivity contribution in [3.8, 4) is 11.3 Å². The third-order valence-electron chi connectivity index (χ3n) is 5.91. The molecule has 3 aromatic rings. The Morgan fingerprint density at radius 1 is 0.952 bits per heavy atom. The van der Waals surface area contributed by atoms with Crippen LogP contribution in [0.4, 0.5) is 17.6 Å². The van der Waals surface area contributed by atoms with Gasteiger partial charge < -0.3 is 18.9 Å². The normalized spacial score (nSPS) is 22.0. The third kappa shape index (κ3) is 7.28. The van der Waals surface area contributed by atoms with Gasteiger partial charge in [0.1, 0.15) is 35.7 Å². The number of thioether (sulfide) groups is 1. The molecule has 1 aliphatic rings. The molecule has 1 aromatic heterocycles. The summed E-state index contributed by atoms with van der Waals surface area (Å²) in [6.45, 7) is 3.02. The number of aromatic nitrogens is 3. The van der Waals surface area contributed by atoms with Crippen LogP contribution >= 0.6 is 27.7 Å². The van der Waals surface area contributed by atoms with E-state index in [0.29, 0.717) is 4.90 Å². The molecule has 4 rings (SSSR count). The minimum Gasteiger partial charge on any atom is -0.463 e. The first kappa shape index (κ1) is 31.4. The fourth-order valence-electron chi connectivity index (χ4n) is 4.22. The smallest absolute Gasteiger partial charge is 0.303 e. The van der Waals surface area contributed by atoms with Gasteiger partial charge in [-0.3, -0.25) is 14.4 Å². The number of rotatable bonds is 8. The topological polar surface area (TPSA) is 119 Å². The van der Waals surface area contributed by atoms with E-state index in [-0.39, 0.29) is 15.7 Å². The SMILES string of the molecule is CC(=O)OCC1O[C@H](Sc2ccc(F)c(Br)c2)[C@@H](OC(C)=O)C(n2cc(-c3cc(F)c(F)c(F)c3)nn2)[C@H]1OC(C)=O. The van der Waals surface area contributed by atoms with Crippen molar-refractivity contribution in [3.05, 3.63) is 64.3 Å². The van der Waals surface area contributed by atoms with Crippen LogP contribution in [0.15, 0.2) is 45.9 Å². The van der Waals surface area contributed by atoms with E-state index < -0.39 is 77.6 Å². The van der Waals surface area contributed by atoms with Gasteiger partial charge in [0, 0.05) is 31.2 Å². The molecule has 2 heterocycles. The summed E-state index contributed by atoms with van der Waals surface area (Å²) < 4.78 is 79.1. The van der Waals surface area contributed by atoms with Crippen LogP contribution < -0.4 is 0 Å². The molecular weight excluding hydrogens is 654 g/mol. The van der Waals surface area contributed by atoms with Crippen molar-refractivity contribution in [2.45, 2.75) is 55.5 Å². The highest BCUT2D eigenvalue weighted by molar-refractivity contribution is 9.10. The van der Waals surface area contributed by atoms with Crippen LogP contribution in [0.2, 0.25) is 0 Å². The van der Waals surface area contributed by atoms with Crippen molar-refractivity contribution in [2.24, 2.45) is 0 Å². The Bertz CT molecular complexity index is 1490. The fraction of sp³-hybridized carbons (Fsp3) is 0.346.